The molecule has 2 aromatic heterocycles. The summed E-state index contributed by atoms with van der Waals surface area (Å²) in [5.74, 6) is 2.47. The van der Waals surface area contributed by atoms with Gasteiger partial charge in [0.2, 0.25) is 0 Å². The van der Waals surface area contributed by atoms with Gasteiger partial charge in [-0.1, -0.05) is 0 Å². The lowest BCUT2D eigenvalue weighted by molar-refractivity contribution is 0.264. The normalized spacial score (nSPS) is 10.3. The molecule has 2 heterocycles. The quantitative estimate of drug-likeness (QED) is 0.833. The third-order valence-electron chi connectivity index (χ3n) is 2.08. The second-order valence-electron chi connectivity index (χ2n) is 3.38. The maximum absolute atomic E-state index is 5.54. The van der Waals surface area contributed by atoms with Crippen LogP contribution in [0.4, 0.5) is 0 Å². The standard InChI is InChI=1S/C12H14N2O2/c1-13-7-11-4-5-12(16-11)9-15-10-3-2-6-14-8-10/h2-6,8,13H,7,9H2,1H3. The van der Waals surface area contributed by atoms with Crippen LogP contribution < -0.4 is 10.1 Å². The van der Waals surface area contributed by atoms with Crippen LogP contribution in [0, 0.1) is 0 Å². The molecule has 0 bridgehead atoms. The molecule has 0 aliphatic rings. The predicted molar refractivity (Wildman–Crippen MR) is 60.0 cm³/mol. The lowest BCUT2D eigenvalue weighted by Crippen LogP contribution is -2.03. The van der Waals surface area contributed by atoms with E-state index >= 15 is 0 Å². The van der Waals surface area contributed by atoms with Crippen LogP contribution in [0.25, 0.3) is 0 Å². The molecule has 4 nitrogen and oxygen atoms in total. The number of pyridine rings is 1. The first-order valence-corrected chi connectivity index (χ1v) is 5.13. The van der Waals surface area contributed by atoms with Crippen LogP contribution in [-0.2, 0) is 13.2 Å². The number of aromatic nitrogens is 1. The largest absolute Gasteiger partial charge is 0.484 e. The SMILES string of the molecule is CNCc1ccc(COc2cccnc2)o1. The second kappa shape index (κ2) is 5.32. The van der Waals surface area contributed by atoms with E-state index in [4.69, 9.17) is 9.15 Å². The lowest BCUT2D eigenvalue weighted by atomic mass is 10.4. The lowest BCUT2D eigenvalue weighted by Gasteiger charge is -2.02. The zero-order valence-electron chi connectivity index (χ0n) is 9.14. The van der Waals surface area contributed by atoms with Gasteiger partial charge in [-0.2, -0.15) is 0 Å². The minimum absolute atomic E-state index is 0.426. The van der Waals surface area contributed by atoms with Crippen LogP contribution in [0.3, 0.4) is 0 Å². The van der Waals surface area contributed by atoms with Crippen molar-refractivity contribution < 1.29 is 9.15 Å². The Labute approximate surface area is 94.3 Å². The molecule has 0 spiro atoms. The summed E-state index contributed by atoms with van der Waals surface area (Å²) in [4.78, 5) is 3.97. The number of hydrogen-bond donors (Lipinski definition) is 1. The van der Waals surface area contributed by atoms with Crippen molar-refractivity contribution in [3.63, 3.8) is 0 Å². The van der Waals surface area contributed by atoms with Crippen molar-refractivity contribution in [1.82, 2.24) is 10.3 Å². The summed E-state index contributed by atoms with van der Waals surface area (Å²) in [6, 6.07) is 7.57. The monoisotopic (exact) mass is 218 g/mol. The number of rotatable bonds is 5. The summed E-state index contributed by atoms with van der Waals surface area (Å²) in [6.45, 7) is 1.16. The van der Waals surface area contributed by atoms with Gasteiger partial charge in [-0.25, -0.2) is 0 Å². The summed E-state index contributed by atoms with van der Waals surface area (Å²) in [7, 11) is 1.88. The Hall–Kier alpha value is -1.81. The van der Waals surface area contributed by atoms with Gasteiger partial charge in [0.1, 0.15) is 23.9 Å². The van der Waals surface area contributed by atoms with E-state index in [-0.39, 0.29) is 0 Å². The molecular weight excluding hydrogens is 204 g/mol. The number of nitrogens with one attached hydrogen (secondary N) is 1. The van der Waals surface area contributed by atoms with Gasteiger partial charge in [0, 0.05) is 6.20 Å². The highest BCUT2D eigenvalue weighted by Crippen LogP contribution is 2.12. The zero-order valence-corrected chi connectivity index (χ0v) is 9.14. The molecule has 0 unspecified atom stereocenters. The van der Waals surface area contributed by atoms with Gasteiger partial charge in [-0.05, 0) is 31.3 Å². The molecule has 16 heavy (non-hydrogen) atoms. The Kier molecular flexibility index (Phi) is 3.56. The molecule has 1 N–H and O–H groups in total. The third-order valence-corrected chi connectivity index (χ3v) is 2.08. The summed E-state index contributed by atoms with van der Waals surface area (Å²) < 4.78 is 11.0. The molecule has 4 heteroatoms. The maximum atomic E-state index is 5.54. The van der Waals surface area contributed by atoms with E-state index in [0.29, 0.717) is 6.61 Å². The van der Waals surface area contributed by atoms with Crippen molar-refractivity contribution in [3.8, 4) is 5.75 Å². The summed E-state index contributed by atoms with van der Waals surface area (Å²) >= 11 is 0. The van der Waals surface area contributed by atoms with Crippen LogP contribution in [-0.4, -0.2) is 12.0 Å². The van der Waals surface area contributed by atoms with Gasteiger partial charge in [-0.3, -0.25) is 4.98 Å². The van der Waals surface area contributed by atoms with E-state index in [1.54, 1.807) is 12.4 Å². The molecule has 2 rings (SSSR count). The molecule has 0 aromatic carbocycles. The molecule has 0 fully saturated rings. The van der Waals surface area contributed by atoms with Gasteiger partial charge >= 0.3 is 0 Å². The number of nitrogens with zero attached hydrogens (tertiary/aromatic N) is 1. The van der Waals surface area contributed by atoms with Crippen LogP contribution in [0.5, 0.6) is 5.75 Å². The first kappa shape index (κ1) is 10.7. The van der Waals surface area contributed by atoms with E-state index in [1.165, 1.54) is 0 Å². The van der Waals surface area contributed by atoms with Gasteiger partial charge in [0.15, 0.2) is 0 Å². The fraction of sp³-hybridized carbons (Fsp3) is 0.250. The van der Waals surface area contributed by atoms with Crippen LogP contribution in [0.1, 0.15) is 11.5 Å². The highest BCUT2D eigenvalue weighted by molar-refractivity contribution is 5.16. The van der Waals surface area contributed by atoms with E-state index in [2.05, 4.69) is 10.3 Å². The fourth-order valence-corrected chi connectivity index (χ4v) is 1.36. The van der Waals surface area contributed by atoms with Crippen LogP contribution in [0.15, 0.2) is 41.1 Å². The van der Waals surface area contributed by atoms with Crippen molar-refractivity contribution in [2.24, 2.45) is 0 Å². The molecule has 0 saturated heterocycles. The third kappa shape index (κ3) is 2.84. The fourth-order valence-electron chi connectivity index (χ4n) is 1.36. The van der Waals surface area contributed by atoms with Crippen molar-refractivity contribution in [2.75, 3.05) is 7.05 Å². The van der Waals surface area contributed by atoms with Crippen molar-refractivity contribution in [1.29, 1.82) is 0 Å². The number of furan rings is 1. The Morgan fingerprint density at radius 2 is 2.19 bits per heavy atom. The number of hydrogen-bond acceptors (Lipinski definition) is 4. The van der Waals surface area contributed by atoms with E-state index in [1.807, 2.05) is 31.3 Å². The Morgan fingerprint density at radius 3 is 2.94 bits per heavy atom. The maximum Gasteiger partial charge on any atom is 0.146 e. The first-order chi connectivity index (χ1) is 7.88. The van der Waals surface area contributed by atoms with Gasteiger partial charge in [0.05, 0.1) is 12.7 Å². The average molecular weight is 218 g/mol. The van der Waals surface area contributed by atoms with E-state index in [9.17, 15) is 0 Å². The Balaban J connectivity index is 1.89. The molecule has 84 valence electrons. The molecule has 2 aromatic rings. The minimum Gasteiger partial charge on any atom is -0.484 e. The molecule has 0 aliphatic heterocycles. The van der Waals surface area contributed by atoms with Gasteiger partial charge in [-0.15, -0.1) is 0 Å². The molecule has 0 atom stereocenters. The topological polar surface area (TPSA) is 47.3 Å². The highest BCUT2D eigenvalue weighted by atomic mass is 16.5. The molecule has 0 saturated carbocycles. The second-order valence-corrected chi connectivity index (χ2v) is 3.38. The van der Waals surface area contributed by atoms with Gasteiger partial charge < -0.3 is 14.5 Å². The van der Waals surface area contributed by atoms with Crippen LogP contribution >= 0.6 is 0 Å². The van der Waals surface area contributed by atoms with E-state index in [0.717, 1.165) is 23.8 Å². The van der Waals surface area contributed by atoms with Crippen LogP contribution in [0.2, 0.25) is 0 Å². The van der Waals surface area contributed by atoms with Crippen molar-refractivity contribution in [3.05, 3.63) is 48.2 Å². The van der Waals surface area contributed by atoms with Crippen molar-refractivity contribution in [2.45, 2.75) is 13.2 Å². The Morgan fingerprint density at radius 1 is 1.31 bits per heavy atom. The molecule has 0 radical (unpaired) electrons. The highest BCUT2D eigenvalue weighted by Gasteiger charge is 2.02. The minimum atomic E-state index is 0.426. The Bertz CT molecular complexity index is 426. The zero-order chi connectivity index (χ0) is 11.2. The van der Waals surface area contributed by atoms with E-state index < -0.39 is 0 Å². The smallest absolute Gasteiger partial charge is 0.146 e. The number of ether oxygens (including phenoxy) is 1. The van der Waals surface area contributed by atoms with Gasteiger partial charge in [0.25, 0.3) is 0 Å². The molecule has 0 aliphatic carbocycles. The summed E-state index contributed by atoms with van der Waals surface area (Å²) in [5, 5.41) is 3.03. The predicted octanol–water partition coefficient (Wildman–Crippen LogP) is 1.97. The average Bonchev–Trinajstić information content (AvgIpc) is 2.76. The van der Waals surface area contributed by atoms with Crippen molar-refractivity contribution >= 4 is 0 Å². The summed E-state index contributed by atoms with van der Waals surface area (Å²) in [6.07, 6.45) is 3.39. The molecule has 0 amide bonds. The first-order valence-electron chi connectivity index (χ1n) is 5.13. The summed E-state index contributed by atoms with van der Waals surface area (Å²) in [5.41, 5.74) is 0. The molecular formula is C12H14N2O2.